The van der Waals surface area contributed by atoms with Crippen LogP contribution in [0.3, 0.4) is 0 Å². The largest absolute Gasteiger partial charge is 0.360 e. The molecule has 0 radical (unpaired) electrons. The van der Waals surface area contributed by atoms with Gasteiger partial charge in [0.25, 0.3) is 11.8 Å². The van der Waals surface area contributed by atoms with Crippen LogP contribution in [0.5, 0.6) is 0 Å². The Morgan fingerprint density at radius 1 is 0.936 bits per heavy atom. The van der Waals surface area contributed by atoms with Gasteiger partial charge in [0.1, 0.15) is 17.3 Å². The van der Waals surface area contributed by atoms with Gasteiger partial charge in [-0.05, 0) is 68.1 Å². The van der Waals surface area contributed by atoms with Crippen molar-refractivity contribution in [2.75, 3.05) is 18.4 Å². The van der Waals surface area contributed by atoms with Gasteiger partial charge in [-0.25, -0.2) is 23.9 Å². The first-order chi connectivity index (χ1) is 22.9. The minimum absolute atomic E-state index is 0.00553. The standard InChI is InChI=1S/C33H27F2N9O3/c34-22-5-3-20(4-6-22)30-31(24-7-8-29-38-28(17-44(29)40-24)39-32(45)21-9-12-36-27(35)15-21)43(18-37-30)23-10-13-42(14-11-23)33(46)25-16-26(47-41-25)19-1-2-19/h3-9,12,15-19,23H,1-2,10-11,13-14H2,(H,39,45). The lowest BCUT2D eigenvalue weighted by Gasteiger charge is -2.33. The van der Waals surface area contributed by atoms with Crippen LogP contribution in [0.25, 0.3) is 28.3 Å². The second kappa shape index (κ2) is 11.5. The second-order valence-electron chi connectivity index (χ2n) is 11.7. The normalized spacial score (nSPS) is 15.3. The molecule has 2 fully saturated rings. The van der Waals surface area contributed by atoms with Crippen LogP contribution >= 0.6 is 0 Å². The second-order valence-corrected chi connectivity index (χ2v) is 11.7. The van der Waals surface area contributed by atoms with E-state index in [0.717, 1.165) is 35.9 Å². The zero-order valence-corrected chi connectivity index (χ0v) is 24.9. The van der Waals surface area contributed by atoms with Gasteiger partial charge in [0.15, 0.2) is 17.2 Å². The summed E-state index contributed by atoms with van der Waals surface area (Å²) in [6.45, 7) is 1.05. The van der Waals surface area contributed by atoms with Gasteiger partial charge in [-0.15, -0.1) is 0 Å². The fourth-order valence-electron chi connectivity index (χ4n) is 5.97. The molecule has 6 heterocycles. The molecule has 1 saturated heterocycles. The molecule has 1 aliphatic carbocycles. The molecule has 14 heteroatoms. The summed E-state index contributed by atoms with van der Waals surface area (Å²) in [6, 6.07) is 13.9. The molecule has 236 valence electrons. The van der Waals surface area contributed by atoms with Gasteiger partial charge in [-0.1, -0.05) is 5.16 Å². The number of benzene rings is 1. The number of aromatic nitrogens is 7. The number of piperidine rings is 1. The molecule has 8 rings (SSSR count). The Morgan fingerprint density at radius 2 is 1.74 bits per heavy atom. The lowest BCUT2D eigenvalue weighted by molar-refractivity contribution is 0.0684. The van der Waals surface area contributed by atoms with Gasteiger partial charge < -0.3 is 19.3 Å². The number of rotatable bonds is 7. The number of hydrogen-bond donors (Lipinski definition) is 1. The van der Waals surface area contributed by atoms with E-state index in [1.54, 1.807) is 46.2 Å². The quantitative estimate of drug-likeness (QED) is 0.226. The number of pyridine rings is 1. The smallest absolute Gasteiger partial charge is 0.276 e. The van der Waals surface area contributed by atoms with Gasteiger partial charge in [0.2, 0.25) is 5.95 Å². The van der Waals surface area contributed by atoms with Crippen molar-refractivity contribution in [3.63, 3.8) is 0 Å². The summed E-state index contributed by atoms with van der Waals surface area (Å²) in [5.41, 5.74) is 3.56. The molecule has 2 amide bonds. The zero-order valence-electron chi connectivity index (χ0n) is 24.9. The van der Waals surface area contributed by atoms with Crippen molar-refractivity contribution in [1.82, 2.24) is 39.2 Å². The minimum Gasteiger partial charge on any atom is -0.360 e. The summed E-state index contributed by atoms with van der Waals surface area (Å²) in [5, 5.41) is 11.5. The number of hydrogen-bond acceptors (Lipinski definition) is 8. The number of imidazole rings is 2. The zero-order chi connectivity index (χ0) is 32.1. The molecule has 5 aromatic heterocycles. The van der Waals surface area contributed by atoms with Crippen molar-refractivity contribution in [2.45, 2.75) is 37.6 Å². The molecule has 0 bridgehead atoms. The van der Waals surface area contributed by atoms with Gasteiger partial charge in [0.05, 0.1) is 23.9 Å². The van der Waals surface area contributed by atoms with Crippen LogP contribution in [-0.2, 0) is 0 Å². The SMILES string of the molecule is O=C(Nc1cn2nc(-c3c(-c4ccc(F)cc4)ncn3C3CCN(C(=O)c4cc(C5CC5)on4)CC3)ccc2n1)c1ccnc(F)c1. The van der Waals surface area contributed by atoms with E-state index in [4.69, 9.17) is 14.6 Å². The van der Waals surface area contributed by atoms with Crippen LogP contribution in [0.1, 0.15) is 64.2 Å². The Morgan fingerprint density at radius 3 is 2.51 bits per heavy atom. The third-order valence-corrected chi connectivity index (χ3v) is 8.58. The van der Waals surface area contributed by atoms with E-state index < -0.39 is 11.9 Å². The maximum absolute atomic E-state index is 13.8. The van der Waals surface area contributed by atoms with Crippen LogP contribution in [-0.4, -0.2) is 64.1 Å². The first kappa shape index (κ1) is 28.7. The molecule has 0 unspecified atom stereocenters. The topological polar surface area (TPSA) is 136 Å². The summed E-state index contributed by atoms with van der Waals surface area (Å²) in [4.78, 5) is 40.3. The third kappa shape index (κ3) is 5.62. The highest BCUT2D eigenvalue weighted by Gasteiger charge is 2.32. The highest BCUT2D eigenvalue weighted by molar-refractivity contribution is 6.03. The van der Waals surface area contributed by atoms with Crippen LogP contribution < -0.4 is 5.32 Å². The van der Waals surface area contributed by atoms with E-state index in [-0.39, 0.29) is 29.1 Å². The average molecular weight is 636 g/mol. The average Bonchev–Trinajstić information content (AvgIpc) is 3.46. The Kier molecular flexibility index (Phi) is 7.04. The number of fused-ring (bicyclic) bond motifs is 1. The van der Waals surface area contributed by atoms with E-state index in [1.165, 1.54) is 24.4 Å². The number of carbonyl (C=O) groups excluding carboxylic acids is 2. The fourth-order valence-corrected chi connectivity index (χ4v) is 5.97. The number of carbonyl (C=O) groups is 2. The van der Waals surface area contributed by atoms with Crippen molar-refractivity contribution in [1.29, 1.82) is 0 Å². The lowest BCUT2D eigenvalue weighted by atomic mass is 10.0. The molecular formula is C33H27F2N9O3. The van der Waals surface area contributed by atoms with Crippen LogP contribution in [0.2, 0.25) is 0 Å². The number of amides is 2. The van der Waals surface area contributed by atoms with Gasteiger partial charge in [0, 0.05) is 54.5 Å². The minimum atomic E-state index is -0.762. The molecule has 1 saturated carbocycles. The van der Waals surface area contributed by atoms with Crippen LogP contribution in [0.15, 0.2) is 77.8 Å². The lowest BCUT2D eigenvalue weighted by Crippen LogP contribution is -2.39. The molecule has 1 N–H and O–H groups in total. The predicted molar refractivity (Wildman–Crippen MR) is 164 cm³/mol. The highest BCUT2D eigenvalue weighted by atomic mass is 19.1. The molecule has 0 spiro atoms. The van der Waals surface area contributed by atoms with E-state index in [9.17, 15) is 18.4 Å². The summed E-state index contributed by atoms with van der Waals surface area (Å²) in [7, 11) is 0. The van der Waals surface area contributed by atoms with E-state index in [1.807, 2.05) is 6.07 Å². The summed E-state index contributed by atoms with van der Waals surface area (Å²) < 4.78 is 36.4. The van der Waals surface area contributed by atoms with E-state index >= 15 is 0 Å². The van der Waals surface area contributed by atoms with Gasteiger partial charge in [-0.2, -0.15) is 9.49 Å². The van der Waals surface area contributed by atoms with Crippen molar-refractivity contribution in [3.8, 4) is 22.6 Å². The maximum atomic E-state index is 13.8. The fraction of sp³-hybridized carbons (Fsp3) is 0.242. The summed E-state index contributed by atoms with van der Waals surface area (Å²) in [6.07, 6.45) is 8.01. The molecular weight excluding hydrogens is 608 g/mol. The molecule has 1 aliphatic heterocycles. The molecule has 1 aromatic carbocycles. The molecule has 47 heavy (non-hydrogen) atoms. The van der Waals surface area contributed by atoms with Crippen LogP contribution in [0, 0.1) is 11.8 Å². The van der Waals surface area contributed by atoms with Crippen molar-refractivity contribution >= 4 is 23.3 Å². The number of anilines is 1. The molecule has 6 aromatic rings. The van der Waals surface area contributed by atoms with Crippen molar-refractivity contribution < 1.29 is 22.9 Å². The summed E-state index contributed by atoms with van der Waals surface area (Å²) >= 11 is 0. The first-order valence-corrected chi connectivity index (χ1v) is 15.3. The van der Waals surface area contributed by atoms with Crippen LogP contribution in [0.4, 0.5) is 14.6 Å². The first-order valence-electron chi connectivity index (χ1n) is 15.3. The maximum Gasteiger partial charge on any atom is 0.276 e. The third-order valence-electron chi connectivity index (χ3n) is 8.58. The molecule has 0 atom stereocenters. The van der Waals surface area contributed by atoms with Gasteiger partial charge >= 0.3 is 0 Å². The Balaban J connectivity index is 1.08. The highest BCUT2D eigenvalue weighted by Crippen LogP contribution is 2.40. The Labute approximate surface area is 266 Å². The number of likely N-dealkylation sites (tertiary alicyclic amines) is 1. The molecule has 12 nitrogen and oxygen atoms in total. The Bertz CT molecular complexity index is 2130. The summed E-state index contributed by atoms with van der Waals surface area (Å²) in [5.74, 6) is -0.404. The number of nitrogens with zero attached hydrogens (tertiary/aromatic N) is 8. The van der Waals surface area contributed by atoms with Crippen molar-refractivity contribution in [3.05, 3.63) is 102 Å². The van der Waals surface area contributed by atoms with E-state index in [0.29, 0.717) is 54.6 Å². The predicted octanol–water partition coefficient (Wildman–Crippen LogP) is 5.53. The molecule has 2 aliphatic rings. The van der Waals surface area contributed by atoms with Crippen molar-refractivity contribution in [2.24, 2.45) is 0 Å². The number of nitrogens with one attached hydrogen (secondary N) is 1. The monoisotopic (exact) mass is 635 g/mol. The Hall–Kier alpha value is -5.79. The van der Waals surface area contributed by atoms with Gasteiger partial charge in [-0.3, -0.25) is 9.59 Å². The number of halogens is 2. The van der Waals surface area contributed by atoms with E-state index in [2.05, 4.69) is 25.0 Å².